The van der Waals surface area contributed by atoms with Gasteiger partial charge in [-0.05, 0) is 24.3 Å². The standard InChI is InChI=1S/C20H22O5Si/c1-25-20(24)14-7-5-13(6-8-14)18(22)12-19(23)16-11-15(26(2,3)4)9-10-17(16)21/h5-12,21-22H,1-4H3. The van der Waals surface area contributed by atoms with Crippen LogP contribution in [0.15, 0.2) is 48.5 Å². The molecule has 2 rings (SSSR count). The van der Waals surface area contributed by atoms with Crippen LogP contribution in [0.25, 0.3) is 5.76 Å². The number of aliphatic hydroxyl groups is 1. The van der Waals surface area contributed by atoms with Gasteiger partial charge < -0.3 is 14.9 Å². The number of aliphatic hydroxyl groups excluding tert-OH is 1. The maximum atomic E-state index is 12.5. The van der Waals surface area contributed by atoms with E-state index < -0.39 is 19.8 Å². The van der Waals surface area contributed by atoms with Crippen LogP contribution in [0.2, 0.25) is 19.6 Å². The molecule has 0 amide bonds. The number of carbonyl (C=O) groups excluding carboxylic acids is 2. The van der Waals surface area contributed by atoms with Crippen LogP contribution in [0.5, 0.6) is 5.75 Å². The summed E-state index contributed by atoms with van der Waals surface area (Å²) in [7, 11) is -0.363. The lowest BCUT2D eigenvalue weighted by Crippen LogP contribution is -2.37. The summed E-state index contributed by atoms with van der Waals surface area (Å²) in [5.74, 6) is -1.34. The van der Waals surface area contributed by atoms with Crippen LogP contribution in [0, 0.1) is 0 Å². The third-order valence-corrected chi connectivity index (χ3v) is 6.04. The zero-order valence-electron chi connectivity index (χ0n) is 15.2. The van der Waals surface area contributed by atoms with Gasteiger partial charge in [-0.15, -0.1) is 0 Å². The predicted octanol–water partition coefficient (Wildman–Crippen LogP) is 3.51. The molecule has 0 aliphatic heterocycles. The van der Waals surface area contributed by atoms with Gasteiger partial charge in [0.15, 0.2) is 5.78 Å². The molecule has 0 saturated heterocycles. The van der Waals surface area contributed by atoms with Gasteiger partial charge >= 0.3 is 5.97 Å². The third-order valence-electron chi connectivity index (χ3n) is 4.00. The van der Waals surface area contributed by atoms with Crippen LogP contribution in [0.4, 0.5) is 0 Å². The first-order chi connectivity index (χ1) is 12.1. The van der Waals surface area contributed by atoms with E-state index in [9.17, 15) is 19.8 Å². The average Bonchev–Trinajstić information content (AvgIpc) is 2.60. The fourth-order valence-electron chi connectivity index (χ4n) is 2.38. The van der Waals surface area contributed by atoms with Crippen molar-refractivity contribution in [1.82, 2.24) is 0 Å². The summed E-state index contributed by atoms with van der Waals surface area (Å²) < 4.78 is 4.62. The van der Waals surface area contributed by atoms with Crippen molar-refractivity contribution in [2.45, 2.75) is 19.6 Å². The van der Waals surface area contributed by atoms with E-state index in [1.54, 1.807) is 6.07 Å². The fraction of sp³-hybridized carbons (Fsp3) is 0.200. The van der Waals surface area contributed by atoms with Crippen molar-refractivity contribution < 1.29 is 24.5 Å². The Hall–Kier alpha value is -2.86. The maximum absolute atomic E-state index is 12.5. The minimum Gasteiger partial charge on any atom is -0.507 e. The molecule has 0 fully saturated rings. The van der Waals surface area contributed by atoms with Crippen LogP contribution in [-0.4, -0.2) is 37.1 Å². The number of methoxy groups -OCH3 is 1. The number of allylic oxidation sites excluding steroid dienone is 1. The molecule has 0 bridgehead atoms. The highest BCUT2D eigenvalue weighted by Gasteiger charge is 2.20. The highest BCUT2D eigenvalue weighted by molar-refractivity contribution is 6.88. The number of benzene rings is 2. The smallest absolute Gasteiger partial charge is 0.337 e. The third kappa shape index (κ3) is 4.40. The van der Waals surface area contributed by atoms with Gasteiger partial charge in [0.05, 0.1) is 26.3 Å². The summed E-state index contributed by atoms with van der Waals surface area (Å²) >= 11 is 0. The number of ketones is 1. The van der Waals surface area contributed by atoms with Crippen molar-refractivity contribution >= 4 is 30.8 Å². The molecule has 0 unspecified atom stereocenters. The molecule has 0 saturated carbocycles. The number of carbonyl (C=O) groups is 2. The largest absolute Gasteiger partial charge is 0.507 e. The second-order valence-electron chi connectivity index (χ2n) is 6.94. The van der Waals surface area contributed by atoms with Gasteiger partial charge in [0.2, 0.25) is 0 Å². The number of phenolic OH excluding ortho intramolecular Hbond substituents is 1. The summed E-state index contributed by atoms with van der Waals surface area (Å²) in [6.45, 7) is 6.43. The molecule has 2 aromatic carbocycles. The molecule has 26 heavy (non-hydrogen) atoms. The summed E-state index contributed by atoms with van der Waals surface area (Å²) in [5.41, 5.74) is 0.880. The minimum absolute atomic E-state index is 0.123. The number of esters is 1. The van der Waals surface area contributed by atoms with Gasteiger partial charge in [-0.2, -0.15) is 0 Å². The summed E-state index contributed by atoms with van der Waals surface area (Å²) in [5, 5.41) is 21.3. The average molecular weight is 370 g/mol. The van der Waals surface area contributed by atoms with E-state index in [0.717, 1.165) is 11.3 Å². The van der Waals surface area contributed by atoms with E-state index in [2.05, 4.69) is 24.4 Å². The van der Waals surface area contributed by atoms with Crippen molar-refractivity contribution in [3.63, 3.8) is 0 Å². The van der Waals surface area contributed by atoms with Gasteiger partial charge in [0.1, 0.15) is 11.5 Å². The van der Waals surface area contributed by atoms with Gasteiger partial charge in [-0.3, -0.25) is 4.79 Å². The zero-order chi connectivity index (χ0) is 19.5. The monoisotopic (exact) mass is 370 g/mol. The van der Waals surface area contributed by atoms with E-state index in [0.29, 0.717) is 11.1 Å². The van der Waals surface area contributed by atoms with Crippen molar-refractivity contribution in [3.8, 4) is 5.75 Å². The van der Waals surface area contributed by atoms with Crippen molar-refractivity contribution in [3.05, 3.63) is 65.2 Å². The Morgan fingerprint density at radius 1 is 1.00 bits per heavy atom. The van der Waals surface area contributed by atoms with E-state index in [-0.39, 0.29) is 17.1 Å². The Morgan fingerprint density at radius 3 is 2.12 bits per heavy atom. The highest BCUT2D eigenvalue weighted by Crippen LogP contribution is 2.20. The number of aromatic hydroxyl groups is 1. The summed E-state index contributed by atoms with van der Waals surface area (Å²) in [6, 6.07) is 11.1. The molecule has 2 N–H and O–H groups in total. The number of rotatable bonds is 5. The molecule has 6 heteroatoms. The number of hydrogen-bond acceptors (Lipinski definition) is 5. The van der Waals surface area contributed by atoms with Crippen molar-refractivity contribution in [1.29, 1.82) is 0 Å². The van der Waals surface area contributed by atoms with Gasteiger partial charge in [0.25, 0.3) is 0 Å². The quantitative estimate of drug-likeness (QED) is 0.277. The normalized spacial score (nSPS) is 11.9. The van der Waals surface area contributed by atoms with Crippen LogP contribution < -0.4 is 5.19 Å². The number of ether oxygens (including phenoxy) is 1. The van der Waals surface area contributed by atoms with Gasteiger partial charge in [-0.1, -0.05) is 43.0 Å². The van der Waals surface area contributed by atoms with Gasteiger partial charge in [-0.25, -0.2) is 4.79 Å². The lowest BCUT2D eigenvalue weighted by Gasteiger charge is -2.17. The molecule has 136 valence electrons. The van der Waals surface area contributed by atoms with Crippen LogP contribution >= 0.6 is 0 Å². The van der Waals surface area contributed by atoms with Crippen molar-refractivity contribution in [2.24, 2.45) is 0 Å². The Balaban J connectivity index is 2.31. The molecule has 0 radical (unpaired) electrons. The molecule has 0 aliphatic rings. The van der Waals surface area contributed by atoms with Crippen LogP contribution in [0.3, 0.4) is 0 Å². The Labute approximate surface area is 153 Å². The molecule has 0 spiro atoms. The lowest BCUT2D eigenvalue weighted by atomic mass is 10.1. The first-order valence-electron chi connectivity index (χ1n) is 8.10. The second kappa shape index (κ2) is 7.57. The van der Waals surface area contributed by atoms with E-state index in [4.69, 9.17) is 0 Å². The molecule has 0 aromatic heterocycles. The summed E-state index contributed by atoms with van der Waals surface area (Å²) in [6.07, 6.45) is 1.07. The molecule has 0 aliphatic carbocycles. The van der Waals surface area contributed by atoms with Crippen LogP contribution in [-0.2, 0) is 4.74 Å². The molecular weight excluding hydrogens is 348 g/mol. The van der Waals surface area contributed by atoms with E-state index in [1.165, 1.54) is 37.4 Å². The van der Waals surface area contributed by atoms with Crippen LogP contribution in [0.1, 0.15) is 26.3 Å². The Kier molecular flexibility index (Phi) is 5.67. The van der Waals surface area contributed by atoms with Crippen molar-refractivity contribution in [2.75, 3.05) is 7.11 Å². The molecule has 0 atom stereocenters. The van der Waals surface area contributed by atoms with Gasteiger partial charge in [0, 0.05) is 11.6 Å². The number of phenols is 1. The molecule has 5 nitrogen and oxygen atoms in total. The lowest BCUT2D eigenvalue weighted by molar-refractivity contribution is 0.0600. The predicted molar refractivity (Wildman–Crippen MR) is 104 cm³/mol. The topological polar surface area (TPSA) is 83.8 Å². The van der Waals surface area contributed by atoms with E-state index in [1.807, 2.05) is 6.07 Å². The first-order valence-corrected chi connectivity index (χ1v) is 11.6. The SMILES string of the molecule is COC(=O)c1ccc(C(O)=CC(=O)c2cc([Si](C)(C)C)ccc2O)cc1. The second-order valence-corrected chi connectivity index (χ2v) is 12.0. The molecule has 2 aromatic rings. The first kappa shape index (κ1) is 19.5. The highest BCUT2D eigenvalue weighted by atomic mass is 28.3. The minimum atomic E-state index is -1.65. The molecule has 0 heterocycles. The van der Waals surface area contributed by atoms with E-state index >= 15 is 0 Å². The Morgan fingerprint density at radius 2 is 1.58 bits per heavy atom. The maximum Gasteiger partial charge on any atom is 0.337 e. The summed E-state index contributed by atoms with van der Waals surface area (Å²) in [4.78, 5) is 23.9. The Bertz CT molecular complexity index is 861. The zero-order valence-corrected chi connectivity index (χ0v) is 16.2. The number of hydrogen-bond donors (Lipinski definition) is 2. The molecular formula is C20H22O5Si. The fourth-order valence-corrected chi connectivity index (χ4v) is 3.54.